The fourth-order valence-corrected chi connectivity index (χ4v) is 4.05. The maximum absolute atomic E-state index is 10.1. The monoisotopic (exact) mass is 373 g/mol. The molecule has 0 amide bonds. The molecule has 2 aromatic rings. The van der Waals surface area contributed by atoms with Crippen molar-refractivity contribution in [2.24, 2.45) is 5.41 Å². The van der Waals surface area contributed by atoms with Gasteiger partial charge in [0, 0.05) is 11.9 Å². The first-order valence-corrected chi connectivity index (χ1v) is 10.1. The van der Waals surface area contributed by atoms with Gasteiger partial charge >= 0.3 is 0 Å². The van der Waals surface area contributed by atoms with Crippen molar-refractivity contribution in [3.8, 4) is 5.75 Å². The van der Waals surface area contributed by atoms with Gasteiger partial charge in [0.25, 0.3) is 0 Å². The Kier molecular flexibility index (Phi) is 7.13. The second-order valence-electron chi connectivity index (χ2n) is 8.59. The summed E-state index contributed by atoms with van der Waals surface area (Å²) in [5, 5.41) is 11.0. The lowest BCUT2D eigenvalue weighted by Crippen LogP contribution is -2.24. The van der Waals surface area contributed by atoms with Crippen LogP contribution in [0.5, 0.6) is 5.75 Å². The normalized spacial score (nSPS) is 13.5. The van der Waals surface area contributed by atoms with E-state index in [2.05, 4.69) is 51.7 Å². The van der Waals surface area contributed by atoms with Gasteiger partial charge in [-0.1, -0.05) is 52.8 Å². The van der Waals surface area contributed by atoms with Crippen LogP contribution in [0, 0.1) is 5.41 Å². The summed E-state index contributed by atoms with van der Waals surface area (Å²) in [6.07, 6.45) is 2.34. The van der Waals surface area contributed by atoms with E-state index in [1.165, 1.54) is 17.3 Å². The Morgan fingerprint density at radius 3 is 2.31 bits per heavy atom. The Hall–Kier alpha value is -1.52. The van der Waals surface area contributed by atoms with Gasteiger partial charge in [-0.2, -0.15) is 0 Å². The Labute approximate surface area is 162 Å². The molecule has 0 bridgehead atoms. The number of ether oxygens (including phenoxy) is 1. The molecule has 142 valence electrons. The highest BCUT2D eigenvalue weighted by Gasteiger charge is 2.27. The summed E-state index contributed by atoms with van der Waals surface area (Å²) >= 11 is 1.53. The molecule has 0 saturated heterocycles. The van der Waals surface area contributed by atoms with Crippen molar-refractivity contribution in [1.29, 1.82) is 0 Å². The third-order valence-electron chi connectivity index (χ3n) is 4.11. The molecule has 1 aromatic heterocycles. The zero-order chi connectivity index (χ0) is 19.2. The van der Waals surface area contributed by atoms with Crippen molar-refractivity contribution in [3.05, 3.63) is 54.2 Å². The topological polar surface area (TPSA) is 42.4 Å². The van der Waals surface area contributed by atoms with Crippen LogP contribution >= 0.6 is 11.8 Å². The van der Waals surface area contributed by atoms with Crippen LogP contribution in [-0.4, -0.2) is 28.6 Å². The van der Waals surface area contributed by atoms with Crippen LogP contribution in [0.25, 0.3) is 0 Å². The van der Waals surface area contributed by atoms with E-state index in [1.54, 1.807) is 6.20 Å². The molecule has 0 fully saturated rings. The summed E-state index contributed by atoms with van der Waals surface area (Å²) in [5.41, 5.74) is 1.72. The Balaban J connectivity index is 1.83. The fraction of sp³-hybridized carbons (Fsp3) is 0.500. The van der Waals surface area contributed by atoms with Crippen LogP contribution in [-0.2, 0) is 5.41 Å². The molecule has 0 aliphatic rings. The van der Waals surface area contributed by atoms with E-state index in [4.69, 9.17) is 4.74 Å². The second-order valence-corrected chi connectivity index (χ2v) is 9.63. The summed E-state index contributed by atoms with van der Waals surface area (Å²) in [5.74, 6) is 1.36. The molecule has 1 N–H and O–H groups in total. The zero-order valence-corrected chi connectivity index (χ0v) is 17.3. The van der Waals surface area contributed by atoms with E-state index in [-0.39, 0.29) is 17.4 Å². The largest absolute Gasteiger partial charge is 0.491 e. The molecule has 0 saturated carbocycles. The molecule has 1 atom stereocenters. The van der Waals surface area contributed by atoms with Gasteiger partial charge < -0.3 is 9.84 Å². The van der Waals surface area contributed by atoms with Gasteiger partial charge in [0.2, 0.25) is 0 Å². The number of aromatic nitrogens is 1. The Morgan fingerprint density at radius 1 is 1.04 bits per heavy atom. The summed E-state index contributed by atoms with van der Waals surface area (Å²) in [6, 6.07) is 14.0. The van der Waals surface area contributed by atoms with Gasteiger partial charge in [-0.05, 0) is 47.1 Å². The van der Waals surface area contributed by atoms with Crippen molar-refractivity contribution in [2.75, 3.05) is 12.4 Å². The summed E-state index contributed by atoms with van der Waals surface area (Å²) in [6.45, 7) is 11.7. The van der Waals surface area contributed by atoms with Crippen LogP contribution in [0.15, 0.2) is 53.7 Å². The average molecular weight is 374 g/mol. The van der Waals surface area contributed by atoms with Crippen molar-refractivity contribution in [2.45, 2.75) is 57.6 Å². The standard InChI is InChI=1S/C22H31NO2S/c1-21(2,3)16-22(4,5)17-9-11-19(12-10-17)25-14-18(24)15-26-20-8-6-7-13-23-20/h6-13,18,24H,14-16H2,1-5H3. The number of nitrogens with zero attached hydrogens (tertiary/aromatic N) is 1. The Morgan fingerprint density at radius 2 is 1.73 bits per heavy atom. The predicted molar refractivity (Wildman–Crippen MR) is 110 cm³/mol. The minimum atomic E-state index is -0.529. The zero-order valence-electron chi connectivity index (χ0n) is 16.5. The number of hydrogen-bond acceptors (Lipinski definition) is 4. The van der Waals surface area contributed by atoms with Gasteiger partial charge in [-0.15, -0.1) is 11.8 Å². The second kappa shape index (κ2) is 8.92. The minimum Gasteiger partial charge on any atom is -0.491 e. The summed E-state index contributed by atoms with van der Waals surface area (Å²) in [7, 11) is 0. The maximum Gasteiger partial charge on any atom is 0.119 e. The van der Waals surface area contributed by atoms with E-state index in [0.29, 0.717) is 5.75 Å². The van der Waals surface area contributed by atoms with Crippen molar-refractivity contribution in [3.63, 3.8) is 0 Å². The molecule has 4 heteroatoms. The lowest BCUT2D eigenvalue weighted by Gasteiger charge is -2.33. The van der Waals surface area contributed by atoms with Crippen LogP contribution in [0.1, 0.15) is 46.6 Å². The summed E-state index contributed by atoms with van der Waals surface area (Å²) in [4.78, 5) is 4.24. The molecule has 0 radical (unpaired) electrons. The predicted octanol–water partition coefficient (Wildman–Crippen LogP) is 5.33. The van der Waals surface area contributed by atoms with E-state index < -0.39 is 6.10 Å². The smallest absolute Gasteiger partial charge is 0.119 e. The van der Waals surface area contributed by atoms with Gasteiger partial charge in [-0.3, -0.25) is 0 Å². The van der Waals surface area contributed by atoms with Crippen LogP contribution in [0.2, 0.25) is 0 Å². The number of pyridine rings is 1. The summed E-state index contributed by atoms with van der Waals surface area (Å²) < 4.78 is 5.74. The molecule has 3 nitrogen and oxygen atoms in total. The number of aliphatic hydroxyl groups excluding tert-OH is 1. The van der Waals surface area contributed by atoms with E-state index in [0.717, 1.165) is 17.2 Å². The number of thioether (sulfide) groups is 1. The highest BCUT2D eigenvalue weighted by Crippen LogP contribution is 2.36. The lowest BCUT2D eigenvalue weighted by molar-refractivity contribution is 0.126. The number of benzene rings is 1. The molecule has 0 aliphatic carbocycles. The van der Waals surface area contributed by atoms with Gasteiger partial charge in [0.05, 0.1) is 11.1 Å². The lowest BCUT2D eigenvalue weighted by atomic mass is 9.72. The first-order chi connectivity index (χ1) is 12.2. The maximum atomic E-state index is 10.1. The third-order valence-corrected chi connectivity index (χ3v) is 5.20. The number of aliphatic hydroxyl groups is 1. The Bertz CT molecular complexity index is 663. The van der Waals surface area contributed by atoms with Gasteiger partial charge in [0.1, 0.15) is 12.4 Å². The van der Waals surface area contributed by atoms with Crippen molar-refractivity contribution < 1.29 is 9.84 Å². The molecule has 26 heavy (non-hydrogen) atoms. The van der Waals surface area contributed by atoms with Crippen LogP contribution in [0.4, 0.5) is 0 Å². The van der Waals surface area contributed by atoms with E-state index >= 15 is 0 Å². The highest BCUT2D eigenvalue weighted by molar-refractivity contribution is 7.99. The molecule has 1 unspecified atom stereocenters. The van der Waals surface area contributed by atoms with E-state index in [1.807, 2.05) is 30.3 Å². The van der Waals surface area contributed by atoms with Crippen molar-refractivity contribution in [1.82, 2.24) is 4.98 Å². The molecule has 1 heterocycles. The average Bonchev–Trinajstić information content (AvgIpc) is 2.57. The minimum absolute atomic E-state index is 0.121. The van der Waals surface area contributed by atoms with Crippen LogP contribution < -0.4 is 4.74 Å². The number of hydrogen-bond donors (Lipinski definition) is 1. The first-order valence-electron chi connectivity index (χ1n) is 9.11. The van der Waals surface area contributed by atoms with E-state index in [9.17, 15) is 5.11 Å². The molecule has 1 aromatic carbocycles. The SMILES string of the molecule is CC(C)(C)CC(C)(C)c1ccc(OCC(O)CSc2ccccn2)cc1. The number of rotatable bonds is 8. The fourth-order valence-electron chi connectivity index (χ4n) is 3.28. The quantitative estimate of drug-likeness (QED) is 0.635. The third kappa shape index (κ3) is 7.00. The van der Waals surface area contributed by atoms with Gasteiger partial charge in [0.15, 0.2) is 0 Å². The van der Waals surface area contributed by atoms with Crippen molar-refractivity contribution >= 4 is 11.8 Å². The molecular formula is C22H31NO2S. The van der Waals surface area contributed by atoms with Crippen LogP contribution in [0.3, 0.4) is 0 Å². The highest BCUT2D eigenvalue weighted by atomic mass is 32.2. The molecule has 2 rings (SSSR count). The van der Waals surface area contributed by atoms with Gasteiger partial charge in [-0.25, -0.2) is 4.98 Å². The molecule has 0 aliphatic heterocycles. The molecular weight excluding hydrogens is 342 g/mol. The first kappa shape index (κ1) is 20.8. The molecule has 0 spiro atoms.